The van der Waals surface area contributed by atoms with E-state index in [-0.39, 0.29) is 11.7 Å². The molecule has 0 radical (unpaired) electrons. The quantitative estimate of drug-likeness (QED) is 0.747. The third-order valence-corrected chi connectivity index (χ3v) is 5.14. The van der Waals surface area contributed by atoms with E-state index in [2.05, 4.69) is 11.1 Å². The lowest BCUT2D eigenvalue weighted by atomic mass is 9.90. The van der Waals surface area contributed by atoms with Crippen molar-refractivity contribution in [1.82, 2.24) is 9.88 Å². The third-order valence-electron chi connectivity index (χ3n) is 5.14. The smallest absolute Gasteiger partial charge is 0.254 e. The fraction of sp³-hybridized carbons (Fsp3) is 0.174. The summed E-state index contributed by atoms with van der Waals surface area (Å²) in [5.74, 6) is 0.232. The number of fused-ring (bicyclic) bond motifs is 1. The number of carbonyl (C=O) groups is 1. The molecule has 138 valence electrons. The van der Waals surface area contributed by atoms with Gasteiger partial charge in [-0.2, -0.15) is 5.26 Å². The number of rotatable bonds is 2. The Morgan fingerprint density at radius 3 is 2.54 bits per heavy atom. The molecule has 0 bridgehead atoms. The van der Waals surface area contributed by atoms with Crippen LogP contribution >= 0.6 is 0 Å². The van der Waals surface area contributed by atoms with E-state index in [0.29, 0.717) is 30.6 Å². The minimum Gasteiger partial charge on any atom is -0.383 e. The summed E-state index contributed by atoms with van der Waals surface area (Å²) in [4.78, 5) is 19.2. The Bertz CT molecular complexity index is 1080. The number of nitriles is 1. The molecule has 2 heterocycles. The molecule has 28 heavy (non-hydrogen) atoms. The number of hydrogen-bond acceptors (Lipinski definition) is 4. The number of anilines is 1. The molecular formula is C23H20N4O. The fourth-order valence-corrected chi connectivity index (χ4v) is 3.67. The first-order valence-corrected chi connectivity index (χ1v) is 9.21. The van der Waals surface area contributed by atoms with Crippen LogP contribution in [-0.4, -0.2) is 22.3 Å². The number of nitrogen functional groups attached to an aromatic ring is 1. The van der Waals surface area contributed by atoms with Gasteiger partial charge in [-0.15, -0.1) is 0 Å². The minimum absolute atomic E-state index is 0.0172. The number of aromatic nitrogens is 1. The summed E-state index contributed by atoms with van der Waals surface area (Å²) in [5, 5.41) is 9.72. The Morgan fingerprint density at radius 1 is 1.14 bits per heavy atom. The van der Waals surface area contributed by atoms with Crippen LogP contribution in [-0.2, 0) is 13.0 Å². The van der Waals surface area contributed by atoms with Crippen LogP contribution in [0.2, 0.25) is 0 Å². The van der Waals surface area contributed by atoms with Crippen LogP contribution in [0.4, 0.5) is 5.82 Å². The number of benzene rings is 2. The predicted octanol–water partition coefficient (Wildman–Crippen LogP) is 3.71. The first kappa shape index (κ1) is 17.7. The average Bonchev–Trinajstić information content (AvgIpc) is 2.73. The highest BCUT2D eigenvalue weighted by Gasteiger charge is 2.28. The molecule has 5 nitrogen and oxygen atoms in total. The van der Waals surface area contributed by atoms with Gasteiger partial charge in [-0.3, -0.25) is 4.79 Å². The van der Waals surface area contributed by atoms with Crippen LogP contribution in [0.5, 0.6) is 0 Å². The molecule has 2 N–H and O–H groups in total. The van der Waals surface area contributed by atoms with Gasteiger partial charge in [0.2, 0.25) is 0 Å². The molecule has 1 aromatic heterocycles. The van der Waals surface area contributed by atoms with Gasteiger partial charge in [0, 0.05) is 36.2 Å². The molecule has 3 aromatic rings. The Morgan fingerprint density at radius 2 is 1.86 bits per heavy atom. The van der Waals surface area contributed by atoms with Crippen molar-refractivity contribution in [2.45, 2.75) is 19.9 Å². The first-order valence-electron chi connectivity index (χ1n) is 9.21. The van der Waals surface area contributed by atoms with Crippen molar-refractivity contribution < 1.29 is 4.79 Å². The maximum atomic E-state index is 12.9. The number of pyridine rings is 1. The molecule has 0 atom stereocenters. The standard InChI is InChI=1S/C23H20N4O/c1-15-7-9-16(10-8-15)21-18(13-24)22(25)26-20-11-12-27(14-19(20)21)23(28)17-5-3-2-4-6-17/h2-10H,11-12,14H2,1H3,(H2,25,26). The largest absolute Gasteiger partial charge is 0.383 e. The van der Waals surface area contributed by atoms with Gasteiger partial charge in [0.25, 0.3) is 5.91 Å². The zero-order chi connectivity index (χ0) is 19.7. The molecule has 0 saturated carbocycles. The van der Waals surface area contributed by atoms with Gasteiger partial charge < -0.3 is 10.6 Å². The summed E-state index contributed by atoms with van der Waals surface area (Å²) in [6.07, 6.45) is 0.614. The molecule has 2 aromatic carbocycles. The molecule has 5 heteroatoms. The lowest BCUT2D eigenvalue weighted by molar-refractivity contribution is 0.0734. The summed E-state index contributed by atoms with van der Waals surface area (Å²) < 4.78 is 0. The second kappa shape index (κ2) is 7.16. The van der Waals surface area contributed by atoms with Crippen molar-refractivity contribution in [3.63, 3.8) is 0 Å². The SMILES string of the molecule is Cc1ccc(-c2c(C#N)c(N)nc3c2CN(C(=O)c2ccccc2)CC3)cc1. The van der Waals surface area contributed by atoms with Crippen LogP contribution in [0.25, 0.3) is 11.1 Å². The number of aryl methyl sites for hydroxylation is 1. The fourth-order valence-electron chi connectivity index (χ4n) is 3.67. The van der Waals surface area contributed by atoms with E-state index in [1.165, 1.54) is 0 Å². The Balaban J connectivity index is 1.81. The predicted molar refractivity (Wildman–Crippen MR) is 108 cm³/mol. The van der Waals surface area contributed by atoms with E-state index in [1.54, 1.807) is 0 Å². The molecule has 1 aliphatic rings. The number of hydrogen-bond donors (Lipinski definition) is 1. The summed E-state index contributed by atoms with van der Waals surface area (Å²) in [5.41, 5.74) is 11.7. The van der Waals surface area contributed by atoms with Crippen LogP contribution in [0.3, 0.4) is 0 Å². The van der Waals surface area contributed by atoms with Crippen molar-refractivity contribution in [3.8, 4) is 17.2 Å². The van der Waals surface area contributed by atoms with Crippen LogP contribution in [0, 0.1) is 18.3 Å². The van der Waals surface area contributed by atoms with E-state index in [4.69, 9.17) is 5.73 Å². The monoisotopic (exact) mass is 368 g/mol. The first-order chi connectivity index (χ1) is 13.6. The molecular weight excluding hydrogens is 348 g/mol. The molecule has 1 aliphatic heterocycles. The van der Waals surface area contributed by atoms with Crippen molar-refractivity contribution >= 4 is 11.7 Å². The number of nitrogens with zero attached hydrogens (tertiary/aromatic N) is 3. The second-order valence-corrected chi connectivity index (χ2v) is 6.99. The molecule has 0 fully saturated rings. The Kier molecular flexibility index (Phi) is 4.54. The lowest BCUT2D eigenvalue weighted by Gasteiger charge is -2.30. The van der Waals surface area contributed by atoms with Crippen molar-refractivity contribution in [2.75, 3.05) is 12.3 Å². The highest BCUT2D eigenvalue weighted by Crippen LogP contribution is 2.35. The van der Waals surface area contributed by atoms with Gasteiger partial charge >= 0.3 is 0 Å². The lowest BCUT2D eigenvalue weighted by Crippen LogP contribution is -2.37. The van der Waals surface area contributed by atoms with E-state index in [9.17, 15) is 10.1 Å². The molecule has 4 rings (SSSR count). The maximum Gasteiger partial charge on any atom is 0.254 e. The van der Waals surface area contributed by atoms with Gasteiger partial charge in [0.1, 0.15) is 17.5 Å². The van der Waals surface area contributed by atoms with Crippen LogP contribution in [0.15, 0.2) is 54.6 Å². The van der Waals surface area contributed by atoms with Crippen molar-refractivity contribution in [1.29, 1.82) is 5.26 Å². The van der Waals surface area contributed by atoms with Crippen molar-refractivity contribution in [3.05, 3.63) is 82.5 Å². The number of nitrogens with two attached hydrogens (primary N) is 1. The summed E-state index contributed by atoms with van der Waals surface area (Å²) in [6, 6.07) is 19.5. The van der Waals surface area contributed by atoms with E-state index in [1.807, 2.05) is 66.4 Å². The third kappa shape index (κ3) is 3.10. The van der Waals surface area contributed by atoms with Crippen LogP contribution in [0.1, 0.15) is 32.7 Å². The highest BCUT2D eigenvalue weighted by molar-refractivity contribution is 5.94. The molecule has 0 spiro atoms. The average molecular weight is 368 g/mol. The van der Waals surface area contributed by atoms with Gasteiger partial charge in [-0.1, -0.05) is 48.0 Å². The van der Waals surface area contributed by atoms with E-state index >= 15 is 0 Å². The summed E-state index contributed by atoms with van der Waals surface area (Å²) in [6.45, 7) is 3.01. The molecule has 1 amide bonds. The Labute approximate surface area is 164 Å². The second-order valence-electron chi connectivity index (χ2n) is 6.99. The van der Waals surface area contributed by atoms with E-state index in [0.717, 1.165) is 27.9 Å². The summed E-state index contributed by atoms with van der Waals surface area (Å²) >= 11 is 0. The zero-order valence-electron chi connectivity index (χ0n) is 15.6. The maximum absolute atomic E-state index is 12.9. The van der Waals surface area contributed by atoms with Gasteiger partial charge in [-0.25, -0.2) is 4.98 Å². The minimum atomic E-state index is -0.0172. The summed E-state index contributed by atoms with van der Waals surface area (Å²) in [7, 11) is 0. The number of amides is 1. The van der Waals surface area contributed by atoms with Gasteiger partial charge in [0.05, 0.1) is 5.69 Å². The van der Waals surface area contributed by atoms with Gasteiger partial charge in [0.15, 0.2) is 0 Å². The number of carbonyl (C=O) groups excluding carboxylic acids is 1. The van der Waals surface area contributed by atoms with E-state index < -0.39 is 0 Å². The van der Waals surface area contributed by atoms with Crippen LogP contribution < -0.4 is 5.73 Å². The highest BCUT2D eigenvalue weighted by atomic mass is 16.2. The topological polar surface area (TPSA) is 83.0 Å². The van der Waals surface area contributed by atoms with Gasteiger partial charge in [-0.05, 0) is 24.6 Å². The normalized spacial score (nSPS) is 12.9. The molecule has 0 aliphatic carbocycles. The van der Waals surface area contributed by atoms with Crippen molar-refractivity contribution in [2.24, 2.45) is 0 Å². The Hall–Kier alpha value is -3.65. The zero-order valence-corrected chi connectivity index (χ0v) is 15.6. The molecule has 0 unspecified atom stereocenters. The molecule has 0 saturated heterocycles.